The fourth-order valence-electron chi connectivity index (χ4n) is 0.740. The van der Waals surface area contributed by atoms with E-state index in [1.165, 1.54) is 12.4 Å². The summed E-state index contributed by atoms with van der Waals surface area (Å²) >= 11 is 0. The van der Waals surface area contributed by atoms with Gasteiger partial charge in [0.1, 0.15) is 0 Å². The predicted molar refractivity (Wildman–Crippen MR) is 49.9 cm³/mol. The Balaban J connectivity index is 2.47. The van der Waals surface area contributed by atoms with E-state index in [-0.39, 0.29) is 6.54 Å². The number of aromatic nitrogens is 2. The lowest BCUT2D eigenvalue weighted by atomic mass is 10.4. The van der Waals surface area contributed by atoms with Gasteiger partial charge >= 0.3 is 16.3 Å². The molecule has 1 aromatic rings. The molecule has 0 spiro atoms. The van der Waals surface area contributed by atoms with Gasteiger partial charge in [0.25, 0.3) is 0 Å². The molecule has 0 fully saturated rings. The number of aromatic amines is 1. The number of hydrogen-bond acceptors (Lipinski definition) is 5. The molecular formula is C6H10N4O4S. The second-order valence-corrected chi connectivity index (χ2v) is 4.02. The summed E-state index contributed by atoms with van der Waals surface area (Å²) in [5.41, 5.74) is 0.644. The number of carbonyl (C=O) groups excluding carboxylic acids is 1. The minimum absolute atomic E-state index is 0.0306. The van der Waals surface area contributed by atoms with Crippen molar-refractivity contribution in [3.63, 3.8) is 0 Å². The zero-order valence-corrected chi connectivity index (χ0v) is 8.67. The molecule has 0 radical (unpaired) electrons. The first-order valence-corrected chi connectivity index (χ1v) is 5.35. The highest BCUT2D eigenvalue weighted by molar-refractivity contribution is 7.88. The van der Waals surface area contributed by atoms with Crippen molar-refractivity contribution in [1.29, 1.82) is 0 Å². The van der Waals surface area contributed by atoms with Crippen molar-refractivity contribution >= 4 is 16.3 Å². The highest BCUT2D eigenvalue weighted by atomic mass is 32.2. The Hall–Kier alpha value is -1.61. The van der Waals surface area contributed by atoms with Gasteiger partial charge < -0.3 is 4.74 Å². The van der Waals surface area contributed by atoms with Crippen LogP contribution in [0.15, 0.2) is 12.4 Å². The minimum atomic E-state index is -3.89. The van der Waals surface area contributed by atoms with Gasteiger partial charge in [-0.05, 0) is 0 Å². The molecule has 0 aliphatic rings. The van der Waals surface area contributed by atoms with Crippen LogP contribution in [0.4, 0.5) is 4.79 Å². The summed E-state index contributed by atoms with van der Waals surface area (Å²) in [7, 11) is -2.81. The second kappa shape index (κ2) is 4.75. The Bertz CT molecular complexity index is 412. The largest absolute Gasteiger partial charge is 0.452 e. The first-order chi connectivity index (χ1) is 7.03. The summed E-state index contributed by atoms with van der Waals surface area (Å²) in [5.74, 6) is 0. The van der Waals surface area contributed by atoms with Gasteiger partial charge in [0, 0.05) is 18.3 Å². The molecule has 0 saturated heterocycles. The van der Waals surface area contributed by atoms with Crippen LogP contribution in [0, 0.1) is 0 Å². The third kappa shape index (κ3) is 3.95. The summed E-state index contributed by atoms with van der Waals surface area (Å²) in [5, 5.41) is 6.15. The quantitative estimate of drug-likeness (QED) is 0.624. The number of ether oxygens (including phenoxy) is 1. The molecule has 8 nitrogen and oxygen atoms in total. The number of nitrogens with zero attached hydrogens (tertiary/aromatic N) is 1. The normalized spacial score (nSPS) is 11.0. The summed E-state index contributed by atoms with van der Waals surface area (Å²) < 4.78 is 30.2. The van der Waals surface area contributed by atoms with Gasteiger partial charge in [0.2, 0.25) is 0 Å². The van der Waals surface area contributed by atoms with Crippen LogP contribution in [-0.2, 0) is 21.5 Å². The number of hydrogen-bond donors (Lipinski definition) is 3. The molecule has 0 aliphatic heterocycles. The third-order valence-electron chi connectivity index (χ3n) is 1.42. The van der Waals surface area contributed by atoms with Gasteiger partial charge in [-0.15, -0.1) is 0 Å². The number of methoxy groups -OCH3 is 1. The number of rotatable bonds is 4. The molecule has 15 heavy (non-hydrogen) atoms. The summed E-state index contributed by atoms with van der Waals surface area (Å²) in [6.07, 6.45) is 1.94. The van der Waals surface area contributed by atoms with Crippen LogP contribution in [0.1, 0.15) is 5.56 Å². The number of carbonyl (C=O) groups is 1. The monoisotopic (exact) mass is 234 g/mol. The molecule has 9 heteroatoms. The fraction of sp³-hybridized carbons (Fsp3) is 0.333. The van der Waals surface area contributed by atoms with Gasteiger partial charge in [0.15, 0.2) is 0 Å². The lowest BCUT2D eigenvalue weighted by molar-refractivity contribution is 0.177. The lowest BCUT2D eigenvalue weighted by Gasteiger charge is -2.05. The molecule has 1 heterocycles. The third-order valence-corrected chi connectivity index (χ3v) is 2.38. The van der Waals surface area contributed by atoms with Gasteiger partial charge in [-0.1, -0.05) is 0 Å². The van der Waals surface area contributed by atoms with Crippen LogP contribution in [0.25, 0.3) is 0 Å². The van der Waals surface area contributed by atoms with Crippen LogP contribution < -0.4 is 9.44 Å². The molecule has 3 N–H and O–H groups in total. The Morgan fingerprint density at radius 3 is 2.93 bits per heavy atom. The average molecular weight is 234 g/mol. The van der Waals surface area contributed by atoms with E-state index >= 15 is 0 Å². The zero-order chi connectivity index (χ0) is 11.3. The van der Waals surface area contributed by atoms with Crippen molar-refractivity contribution in [1.82, 2.24) is 19.6 Å². The summed E-state index contributed by atoms with van der Waals surface area (Å²) in [4.78, 5) is 10.6. The van der Waals surface area contributed by atoms with E-state index in [9.17, 15) is 13.2 Å². The highest BCUT2D eigenvalue weighted by Crippen LogP contribution is 1.93. The summed E-state index contributed by atoms with van der Waals surface area (Å²) in [6.45, 7) is 0.0306. The molecule has 0 unspecified atom stereocenters. The molecule has 84 valence electrons. The predicted octanol–water partition coefficient (Wildman–Crippen LogP) is -0.900. The first kappa shape index (κ1) is 11.5. The Morgan fingerprint density at radius 1 is 1.67 bits per heavy atom. The molecule has 0 aliphatic carbocycles. The van der Waals surface area contributed by atoms with E-state index in [2.05, 4.69) is 19.7 Å². The topological polar surface area (TPSA) is 113 Å². The first-order valence-electron chi connectivity index (χ1n) is 3.86. The molecule has 0 atom stereocenters. The van der Waals surface area contributed by atoms with Crippen LogP contribution >= 0.6 is 0 Å². The summed E-state index contributed by atoms with van der Waals surface area (Å²) in [6, 6.07) is 0. The van der Waals surface area contributed by atoms with Crippen LogP contribution in [0.2, 0.25) is 0 Å². The zero-order valence-electron chi connectivity index (χ0n) is 7.85. The van der Waals surface area contributed by atoms with Gasteiger partial charge in [-0.3, -0.25) is 5.10 Å². The van der Waals surface area contributed by atoms with Gasteiger partial charge in [0.05, 0.1) is 13.3 Å². The molecule has 0 aromatic carbocycles. The van der Waals surface area contributed by atoms with Crippen molar-refractivity contribution in [2.45, 2.75) is 6.54 Å². The fourth-order valence-corrected chi connectivity index (χ4v) is 1.47. The van der Waals surface area contributed by atoms with Gasteiger partial charge in [-0.2, -0.15) is 18.2 Å². The van der Waals surface area contributed by atoms with Crippen LogP contribution in [0.3, 0.4) is 0 Å². The molecule has 0 bridgehead atoms. The smallest absolute Gasteiger partial charge is 0.421 e. The standard InChI is InChI=1S/C6H10N4O4S/c1-14-6(11)10-15(12,13)9-4-5-2-7-8-3-5/h2-3,9H,4H2,1H3,(H,7,8)(H,10,11). The molecule has 0 saturated carbocycles. The maximum absolute atomic E-state index is 11.1. The molecular weight excluding hydrogens is 224 g/mol. The van der Waals surface area contributed by atoms with E-state index in [1.807, 2.05) is 0 Å². The Kier molecular flexibility index (Phi) is 3.63. The minimum Gasteiger partial charge on any atom is -0.452 e. The van der Waals surface area contributed by atoms with Gasteiger partial charge in [-0.25, -0.2) is 9.52 Å². The maximum Gasteiger partial charge on any atom is 0.421 e. The Morgan fingerprint density at radius 2 is 2.40 bits per heavy atom. The van der Waals surface area contributed by atoms with E-state index in [0.717, 1.165) is 7.11 Å². The van der Waals surface area contributed by atoms with Crippen molar-refractivity contribution in [3.05, 3.63) is 18.0 Å². The average Bonchev–Trinajstić information content (AvgIpc) is 2.66. The van der Waals surface area contributed by atoms with Crippen molar-refractivity contribution in [3.8, 4) is 0 Å². The molecule has 1 aromatic heterocycles. The SMILES string of the molecule is COC(=O)NS(=O)(=O)NCc1cn[nH]c1. The highest BCUT2D eigenvalue weighted by Gasteiger charge is 2.13. The van der Waals surface area contributed by atoms with E-state index in [1.54, 1.807) is 4.72 Å². The van der Waals surface area contributed by atoms with Crippen molar-refractivity contribution in [2.24, 2.45) is 0 Å². The lowest BCUT2D eigenvalue weighted by Crippen LogP contribution is -2.39. The molecule has 1 amide bonds. The number of amides is 1. The van der Waals surface area contributed by atoms with Crippen LogP contribution in [0.5, 0.6) is 0 Å². The van der Waals surface area contributed by atoms with Crippen molar-refractivity contribution < 1.29 is 17.9 Å². The van der Waals surface area contributed by atoms with E-state index in [0.29, 0.717) is 5.56 Å². The van der Waals surface area contributed by atoms with Crippen molar-refractivity contribution in [2.75, 3.05) is 7.11 Å². The van der Waals surface area contributed by atoms with E-state index in [4.69, 9.17) is 0 Å². The maximum atomic E-state index is 11.1. The second-order valence-electron chi connectivity index (χ2n) is 2.52. The van der Waals surface area contributed by atoms with E-state index < -0.39 is 16.3 Å². The number of nitrogens with one attached hydrogen (secondary N) is 3. The number of H-pyrrole nitrogens is 1. The Labute approximate surface area is 86.2 Å². The van der Waals surface area contributed by atoms with Crippen LogP contribution in [-0.4, -0.2) is 31.8 Å². The molecule has 1 rings (SSSR count).